The van der Waals surface area contributed by atoms with Crippen LogP contribution >= 0.6 is 0 Å². The topological polar surface area (TPSA) is 41.1 Å². The first kappa shape index (κ1) is 8.99. The average molecular weight is 140 g/mol. The SMILES string of the molecule is C#CC(=O)NCCNCC. The molecule has 0 atom stereocenters. The summed E-state index contributed by atoms with van der Waals surface area (Å²) in [4.78, 5) is 10.4. The van der Waals surface area contributed by atoms with Gasteiger partial charge >= 0.3 is 0 Å². The van der Waals surface area contributed by atoms with Crippen LogP contribution in [0.2, 0.25) is 0 Å². The second kappa shape index (κ2) is 6.12. The number of carbonyl (C=O) groups excluding carboxylic acids is 1. The Morgan fingerprint density at radius 2 is 2.30 bits per heavy atom. The van der Waals surface area contributed by atoms with E-state index in [1.165, 1.54) is 0 Å². The minimum Gasteiger partial charge on any atom is -0.344 e. The summed E-state index contributed by atoms with van der Waals surface area (Å²) >= 11 is 0. The summed E-state index contributed by atoms with van der Waals surface area (Å²) < 4.78 is 0. The fourth-order valence-corrected chi connectivity index (χ4v) is 0.492. The lowest BCUT2D eigenvalue weighted by Gasteiger charge is -2.00. The Labute approximate surface area is 61.2 Å². The van der Waals surface area contributed by atoms with Crippen LogP contribution in [0.15, 0.2) is 0 Å². The third-order valence-corrected chi connectivity index (χ3v) is 0.968. The normalized spacial score (nSPS) is 8.40. The van der Waals surface area contributed by atoms with Gasteiger partial charge in [-0.2, -0.15) is 0 Å². The summed E-state index contributed by atoms with van der Waals surface area (Å²) in [5.74, 6) is 1.61. The number of rotatable bonds is 4. The van der Waals surface area contributed by atoms with Crippen LogP contribution in [0.4, 0.5) is 0 Å². The molecule has 0 unspecified atom stereocenters. The lowest BCUT2D eigenvalue weighted by atomic mass is 10.5. The number of hydrogen-bond donors (Lipinski definition) is 2. The molecule has 0 aromatic heterocycles. The molecule has 0 aliphatic rings. The molecule has 56 valence electrons. The Bertz CT molecular complexity index is 137. The van der Waals surface area contributed by atoms with E-state index in [4.69, 9.17) is 6.42 Å². The first-order valence-electron chi connectivity index (χ1n) is 3.26. The van der Waals surface area contributed by atoms with E-state index in [1.807, 2.05) is 12.8 Å². The lowest BCUT2D eigenvalue weighted by Crippen LogP contribution is -2.30. The third kappa shape index (κ3) is 5.13. The zero-order valence-corrected chi connectivity index (χ0v) is 6.11. The Hall–Kier alpha value is -1.01. The van der Waals surface area contributed by atoms with Gasteiger partial charge in [0.2, 0.25) is 0 Å². The maximum atomic E-state index is 10.4. The van der Waals surface area contributed by atoms with Gasteiger partial charge in [-0.05, 0) is 12.5 Å². The van der Waals surface area contributed by atoms with Crippen molar-refractivity contribution in [2.75, 3.05) is 19.6 Å². The van der Waals surface area contributed by atoms with E-state index in [1.54, 1.807) is 0 Å². The van der Waals surface area contributed by atoms with E-state index >= 15 is 0 Å². The average Bonchev–Trinajstić information content (AvgIpc) is 1.98. The van der Waals surface area contributed by atoms with Gasteiger partial charge in [-0.15, -0.1) is 6.42 Å². The van der Waals surface area contributed by atoms with Gasteiger partial charge in [-0.3, -0.25) is 4.79 Å². The molecule has 0 radical (unpaired) electrons. The first-order chi connectivity index (χ1) is 4.81. The number of amides is 1. The van der Waals surface area contributed by atoms with Crippen LogP contribution < -0.4 is 10.6 Å². The second-order valence-electron chi connectivity index (χ2n) is 1.75. The zero-order chi connectivity index (χ0) is 7.82. The fourth-order valence-electron chi connectivity index (χ4n) is 0.492. The van der Waals surface area contributed by atoms with Crippen molar-refractivity contribution in [2.24, 2.45) is 0 Å². The van der Waals surface area contributed by atoms with Crippen LogP contribution in [-0.4, -0.2) is 25.5 Å². The van der Waals surface area contributed by atoms with E-state index in [-0.39, 0.29) is 5.91 Å². The lowest BCUT2D eigenvalue weighted by molar-refractivity contribution is -0.115. The molecule has 0 spiro atoms. The number of carbonyl (C=O) groups is 1. The Morgan fingerprint density at radius 3 is 2.80 bits per heavy atom. The van der Waals surface area contributed by atoms with Gasteiger partial charge in [-0.1, -0.05) is 6.92 Å². The quantitative estimate of drug-likeness (QED) is 0.402. The van der Waals surface area contributed by atoms with Gasteiger partial charge in [-0.25, -0.2) is 0 Å². The van der Waals surface area contributed by atoms with Crippen molar-refractivity contribution in [3.63, 3.8) is 0 Å². The highest BCUT2D eigenvalue weighted by atomic mass is 16.1. The van der Waals surface area contributed by atoms with Gasteiger partial charge in [0.25, 0.3) is 5.91 Å². The fraction of sp³-hybridized carbons (Fsp3) is 0.571. The first-order valence-corrected chi connectivity index (χ1v) is 3.26. The zero-order valence-electron chi connectivity index (χ0n) is 6.11. The van der Waals surface area contributed by atoms with Crippen molar-refractivity contribution in [1.29, 1.82) is 0 Å². The van der Waals surface area contributed by atoms with Gasteiger partial charge < -0.3 is 10.6 Å². The summed E-state index contributed by atoms with van der Waals surface area (Å²) in [6.45, 7) is 4.27. The highest BCUT2D eigenvalue weighted by molar-refractivity contribution is 5.92. The minimum atomic E-state index is -0.349. The van der Waals surface area contributed by atoms with Gasteiger partial charge in [0.1, 0.15) is 0 Å². The molecular formula is C7H12N2O. The van der Waals surface area contributed by atoms with Crippen LogP contribution in [0, 0.1) is 12.3 Å². The Morgan fingerprint density at radius 1 is 1.60 bits per heavy atom. The van der Waals surface area contributed by atoms with Gasteiger partial charge in [0.05, 0.1) is 0 Å². The summed E-state index contributed by atoms with van der Waals surface area (Å²) in [6.07, 6.45) is 4.80. The van der Waals surface area contributed by atoms with Gasteiger partial charge in [0.15, 0.2) is 0 Å². The van der Waals surface area contributed by atoms with Gasteiger partial charge in [0, 0.05) is 13.1 Å². The highest BCUT2D eigenvalue weighted by Crippen LogP contribution is 1.60. The second-order valence-corrected chi connectivity index (χ2v) is 1.75. The Balaban J connectivity index is 3.06. The predicted molar refractivity (Wildman–Crippen MR) is 40.4 cm³/mol. The van der Waals surface area contributed by atoms with Crippen molar-refractivity contribution < 1.29 is 4.79 Å². The third-order valence-electron chi connectivity index (χ3n) is 0.968. The molecule has 0 fully saturated rings. The molecule has 0 aromatic rings. The van der Waals surface area contributed by atoms with E-state index in [0.717, 1.165) is 13.1 Å². The van der Waals surface area contributed by atoms with Crippen LogP contribution in [0.5, 0.6) is 0 Å². The summed E-state index contributed by atoms with van der Waals surface area (Å²) in [5.41, 5.74) is 0. The summed E-state index contributed by atoms with van der Waals surface area (Å²) in [6, 6.07) is 0. The monoisotopic (exact) mass is 140 g/mol. The number of nitrogens with one attached hydrogen (secondary N) is 2. The molecular weight excluding hydrogens is 128 g/mol. The maximum absolute atomic E-state index is 10.4. The molecule has 0 saturated heterocycles. The Kier molecular flexibility index (Phi) is 5.50. The van der Waals surface area contributed by atoms with Crippen molar-refractivity contribution in [1.82, 2.24) is 10.6 Å². The molecule has 0 bridgehead atoms. The van der Waals surface area contributed by atoms with Crippen molar-refractivity contribution in [3.8, 4) is 12.3 Å². The van der Waals surface area contributed by atoms with E-state index in [0.29, 0.717) is 6.54 Å². The molecule has 3 heteroatoms. The van der Waals surface area contributed by atoms with Crippen LogP contribution in [0.25, 0.3) is 0 Å². The molecule has 0 rings (SSSR count). The molecule has 0 heterocycles. The van der Waals surface area contributed by atoms with E-state index in [9.17, 15) is 4.79 Å². The summed E-state index contributed by atoms with van der Waals surface area (Å²) in [7, 11) is 0. The molecule has 0 aromatic carbocycles. The highest BCUT2D eigenvalue weighted by Gasteiger charge is 1.90. The van der Waals surface area contributed by atoms with Crippen LogP contribution in [-0.2, 0) is 4.79 Å². The van der Waals surface area contributed by atoms with Crippen LogP contribution in [0.3, 0.4) is 0 Å². The van der Waals surface area contributed by atoms with Crippen molar-refractivity contribution in [2.45, 2.75) is 6.92 Å². The number of terminal acetylenes is 1. The van der Waals surface area contributed by atoms with Crippen LogP contribution in [0.1, 0.15) is 6.92 Å². The predicted octanol–water partition coefficient (Wildman–Crippen LogP) is -0.655. The molecule has 0 aliphatic heterocycles. The maximum Gasteiger partial charge on any atom is 0.295 e. The van der Waals surface area contributed by atoms with E-state index in [2.05, 4.69) is 10.6 Å². The molecule has 0 aliphatic carbocycles. The minimum absolute atomic E-state index is 0.349. The van der Waals surface area contributed by atoms with E-state index < -0.39 is 0 Å². The number of likely N-dealkylation sites (N-methyl/N-ethyl adjacent to an activating group) is 1. The molecule has 0 saturated carbocycles. The number of hydrogen-bond acceptors (Lipinski definition) is 2. The summed E-state index contributed by atoms with van der Waals surface area (Å²) in [5, 5.41) is 5.57. The van der Waals surface area contributed by atoms with Crippen molar-refractivity contribution >= 4 is 5.91 Å². The molecule has 2 N–H and O–H groups in total. The largest absolute Gasteiger partial charge is 0.344 e. The molecule has 1 amide bonds. The van der Waals surface area contributed by atoms with Crippen molar-refractivity contribution in [3.05, 3.63) is 0 Å². The standard InChI is InChI=1S/C7H12N2O/c1-3-7(10)9-6-5-8-4-2/h1,8H,4-6H2,2H3,(H,9,10). The smallest absolute Gasteiger partial charge is 0.295 e. The molecule has 3 nitrogen and oxygen atoms in total. The molecule has 10 heavy (non-hydrogen) atoms.